The fourth-order valence-electron chi connectivity index (χ4n) is 15.0. The molecule has 6 atom stereocenters. The monoisotopic (exact) mass is 779 g/mol. The Morgan fingerprint density at radius 3 is 1.79 bits per heavy atom. The molecule has 1 nitrogen and oxygen atoms in total. The highest BCUT2D eigenvalue weighted by atomic mass is 32.2. The molecule has 1 aliphatic heterocycles. The van der Waals surface area contributed by atoms with Gasteiger partial charge in [-0.15, -0.1) is 0 Å². The Morgan fingerprint density at radius 2 is 1.09 bits per heavy atom. The molecule has 0 N–H and O–H groups in total. The molecule has 4 fully saturated rings. The lowest BCUT2D eigenvalue weighted by atomic mass is 9.26. The van der Waals surface area contributed by atoms with Gasteiger partial charge in [-0.25, -0.2) is 0 Å². The predicted molar refractivity (Wildman–Crippen MR) is 243 cm³/mol. The van der Waals surface area contributed by atoms with Crippen LogP contribution >= 0.6 is 11.8 Å². The van der Waals surface area contributed by atoms with Crippen molar-refractivity contribution in [3.8, 4) is 11.1 Å². The minimum atomic E-state index is 0.0802. The van der Waals surface area contributed by atoms with Crippen molar-refractivity contribution >= 4 is 28.8 Å². The molecule has 6 unspecified atom stereocenters. The summed E-state index contributed by atoms with van der Waals surface area (Å²) in [5.41, 5.74) is 17.3. The average molecular weight is 780 g/mol. The summed E-state index contributed by atoms with van der Waals surface area (Å²) in [7, 11) is 0. The molecule has 0 aromatic heterocycles. The molecule has 5 aromatic carbocycles. The van der Waals surface area contributed by atoms with Crippen LogP contribution in [0.15, 0.2) is 113 Å². The lowest BCUT2D eigenvalue weighted by Crippen LogP contribution is -2.74. The van der Waals surface area contributed by atoms with E-state index in [2.05, 4.69) is 163 Å². The minimum absolute atomic E-state index is 0.0802. The molecular formula is C56H61NS. The van der Waals surface area contributed by atoms with Crippen LogP contribution in [0.1, 0.15) is 140 Å². The first-order valence-corrected chi connectivity index (χ1v) is 23.6. The molecule has 7 aliphatic rings. The van der Waals surface area contributed by atoms with E-state index in [0.29, 0.717) is 5.41 Å². The van der Waals surface area contributed by atoms with Gasteiger partial charge in [-0.05, 0) is 184 Å². The molecule has 0 radical (unpaired) electrons. The second-order valence-corrected chi connectivity index (χ2v) is 23.8. The number of anilines is 3. The lowest BCUT2D eigenvalue weighted by Gasteiger charge is -2.78. The van der Waals surface area contributed by atoms with E-state index in [1.165, 1.54) is 112 Å². The predicted octanol–water partition coefficient (Wildman–Crippen LogP) is 15.3. The molecule has 2 heteroatoms. The van der Waals surface area contributed by atoms with Crippen LogP contribution in [0.2, 0.25) is 0 Å². The van der Waals surface area contributed by atoms with Crippen molar-refractivity contribution in [2.45, 2.75) is 144 Å². The maximum absolute atomic E-state index is 2.70. The van der Waals surface area contributed by atoms with Crippen LogP contribution in [0.5, 0.6) is 0 Å². The average Bonchev–Trinajstić information content (AvgIpc) is 3.74. The molecule has 0 saturated heterocycles. The molecule has 12 rings (SSSR count). The van der Waals surface area contributed by atoms with Gasteiger partial charge in [0.1, 0.15) is 0 Å². The third-order valence-corrected chi connectivity index (χ3v) is 19.3. The topological polar surface area (TPSA) is 3.24 Å². The zero-order valence-electron chi connectivity index (χ0n) is 36.1. The smallest absolute Gasteiger partial charge is 0.0514 e. The van der Waals surface area contributed by atoms with E-state index in [-0.39, 0.29) is 27.1 Å². The first-order valence-electron chi connectivity index (χ1n) is 22.8. The van der Waals surface area contributed by atoms with E-state index in [1.807, 2.05) is 11.8 Å². The highest BCUT2D eigenvalue weighted by Gasteiger charge is 2.84. The van der Waals surface area contributed by atoms with Crippen LogP contribution in [0.4, 0.5) is 17.1 Å². The first-order chi connectivity index (χ1) is 27.6. The Labute approximate surface area is 352 Å². The van der Waals surface area contributed by atoms with Gasteiger partial charge >= 0.3 is 0 Å². The molecular weight excluding hydrogens is 719 g/mol. The summed E-state index contributed by atoms with van der Waals surface area (Å²) in [4.78, 5) is 5.68. The Kier molecular flexibility index (Phi) is 7.19. The van der Waals surface area contributed by atoms with Gasteiger partial charge in [0.15, 0.2) is 0 Å². The van der Waals surface area contributed by atoms with Gasteiger partial charge in [-0.1, -0.05) is 128 Å². The SMILES string of the molecule is CC1(C)CCC(C)(C)c2cc(-c3ccc(N(c4ccc5c(c4)C(C)(C)CCC5(C)C)c4cccc5c4C4(c6ccccc6S5)C5CC6CC7CC4C75C6)cc3)ccc21. The molecule has 2 spiro atoms. The van der Waals surface area contributed by atoms with Gasteiger partial charge in [0.2, 0.25) is 0 Å². The summed E-state index contributed by atoms with van der Waals surface area (Å²) in [5.74, 6) is 3.37. The quantitative estimate of drug-likeness (QED) is 0.179. The molecule has 58 heavy (non-hydrogen) atoms. The third-order valence-electron chi connectivity index (χ3n) is 18.1. The number of benzene rings is 5. The highest BCUT2D eigenvalue weighted by Crippen LogP contribution is 2.89. The largest absolute Gasteiger partial charge is 0.310 e. The summed E-state index contributed by atoms with van der Waals surface area (Å²) >= 11 is 2.03. The minimum Gasteiger partial charge on any atom is -0.310 e. The number of nitrogens with zero attached hydrogens (tertiary/aromatic N) is 1. The molecule has 0 amide bonds. The lowest BCUT2D eigenvalue weighted by molar-refractivity contribution is -0.234. The molecule has 1 heterocycles. The third kappa shape index (κ3) is 4.52. The van der Waals surface area contributed by atoms with Gasteiger partial charge in [0.25, 0.3) is 0 Å². The van der Waals surface area contributed by atoms with Crippen LogP contribution in [-0.2, 0) is 27.1 Å². The van der Waals surface area contributed by atoms with E-state index < -0.39 is 0 Å². The second-order valence-electron chi connectivity index (χ2n) is 22.7. The molecule has 2 bridgehead atoms. The summed E-state index contributed by atoms with van der Waals surface area (Å²) in [6, 6.07) is 41.6. The number of hydrogen-bond donors (Lipinski definition) is 0. The Bertz CT molecular complexity index is 2550. The zero-order chi connectivity index (χ0) is 39.8. The Hall–Kier alpha value is -3.75. The van der Waals surface area contributed by atoms with Crippen molar-refractivity contribution in [1.29, 1.82) is 0 Å². The molecule has 6 aliphatic carbocycles. The van der Waals surface area contributed by atoms with Crippen molar-refractivity contribution in [3.63, 3.8) is 0 Å². The van der Waals surface area contributed by atoms with Crippen LogP contribution in [0.25, 0.3) is 11.1 Å². The van der Waals surface area contributed by atoms with Crippen LogP contribution in [0.3, 0.4) is 0 Å². The van der Waals surface area contributed by atoms with E-state index in [0.717, 1.165) is 23.7 Å². The van der Waals surface area contributed by atoms with E-state index >= 15 is 0 Å². The van der Waals surface area contributed by atoms with Crippen molar-refractivity contribution in [2.24, 2.45) is 29.1 Å². The molecule has 296 valence electrons. The highest BCUT2D eigenvalue weighted by molar-refractivity contribution is 7.99. The van der Waals surface area contributed by atoms with Crippen molar-refractivity contribution in [1.82, 2.24) is 0 Å². The van der Waals surface area contributed by atoms with Crippen LogP contribution in [0, 0.1) is 29.1 Å². The number of rotatable bonds is 4. The van der Waals surface area contributed by atoms with Gasteiger partial charge in [0, 0.05) is 32.1 Å². The normalized spacial score (nSPS) is 31.5. The maximum Gasteiger partial charge on any atom is 0.0514 e. The van der Waals surface area contributed by atoms with Crippen LogP contribution < -0.4 is 4.90 Å². The number of fused-ring (bicyclic) bond motifs is 9. The van der Waals surface area contributed by atoms with E-state index in [4.69, 9.17) is 0 Å². The van der Waals surface area contributed by atoms with Gasteiger partial charge < -0.3 is 4.90 Å². The second kappa shape index (κ2) is 11.5. The van der Waals surface area contributed by atoms with Crippen molar-refractivity contribution in [2.75, 3.05) is 4.90 Å². The summed E-state index contributed by atoms with van der Waals surface area (Å²) in [6.45, 7) is 19.6. The Balaban J connectivity index is 1.05. The fourth-order valence-corrected chi connectivity index (χ4v) is 16.3. The standard InChI is InChI=1S/C56H61NS/c1-51(2)24-26-53(5,6)43-30-36(18-22-40(43)51)35-16-19-38(20-17-35)57(39-21-23-41-44(32-39)54(7,8)27-25-52(41,3)4)45-13-11-15-47-50(45)56(42-12-9-10-14-46(42)58-47)48-29-34-28-37-31-49(56)55(37,48)33-34/h9-23,30,32,34,37,48-49H,24-29,31,33H2,1-8H3. The summed E-state index contributed by atoms with van der Waals surface area (Å²) in [6.07, 6.45) is 10.7. The number of hydrogen-bond acceptors (Lipinski definition) is 2. The maximum atomic E-state index is 2.70. The molecule has 5 aromatic rings. The Morgan fingerprint density at radius 1 is 0.500 bits per heavy atom. The van der Waals surface area contributed by atoms with E-state index in [9.17, 15) is 0 Å². The fraction of sp³-hybridized carbons (Fsp3) is 0.464. The van der Waals surface area contributed by atoms with Crippen LogP contribution in [-0.4, -0.2) is 0 Å². The van der Waals surface area contributed by atoms with Gasteiger partial charge in [0.05, 0.1) is 5.69 Å². The first kappa shape index (κ1) is 36.1. The molecule has 4 saturated carbocycles. The summed E-state index contributed by atoms with van der Waals surface area (Å²) in [5, 5.41) is 0. The van der Waals surface area contributed by atoms with Gasteiger partial charge in [-0.3, -0.25) is 0 Å². The zero-order valence-corrected chi connectivity index (χ0v) is 37.0. The van der Waals surface area contributed by atoms with Crippen molar-refractivity contribution in [3.05, 3.63) is 137 Å². The summed E-state index contributed by atoms with van der Waals surface area (Å²) < 4.78 is 0. The van der Waals surface area contributed by atoms with E-state index in [1.54, 1.807) is 11.1 Å². The van der Waals surface area contributed by atoms with Gasteiger partial charge in [-0.2, -0.15) is 0 Å². The van der Waals surface area contributed by atoms with Crippen molar-refractivity contribution < 1.29 is 0 Å².